The van der Waals surface area contributed by atoms with Crippen LogP contribution in [0.15, 0.2) is 36.4 Å². The zero-order valence-electron chi connectivity index (χ0n) is 19.5. The second kappa shape index (κ2) is 10.8. The van der Waals surface area contributed by atoms with Crippen molar-refractivity contribution < 1.29 is 64.6 Å². The van der Waals surface area contributed by atoms with Gasteiger partial charge in [0.15, 0.2) is 6.29 Å². The van der Waals surface area contributed by atoms with Crippen LogP contribution < -0.4 is 4.74 Å². The highest BCUT2D eigenvalue weighted by atomic mass is 16.7. The Kier molecular flexibility index (Phi) is 7.87. The van der Waals surface area contributed by atoms with Crippen molar-refractivity contribution in [2.24, 2.45) is 0 Å². The van der Waals surface area contributed by atoms with Gasteiger partial charge >= 0.3 is 0 Å². The van der Waals surface area contributed by atoms with Crippen LogP contribution in [-0.4, -0.2) is 109 Å². The Hall–Kier alpha value is -3.01. The predicted octanol–water partition coefficient (Wildman–Crippen LogP) is -1.30. The minimum Gasteiger partial charge on any atom is -0.508 e. The van der Waals surface area contributed by atoms with Crippen LogP contribution in [-0.2, 0) is 14.2 Å². The molecular formula is C24H28O13. The normalized spacial score (nSPS) is 34.2. The molecule has 202 valence electrons. The Balaban J connectivity index is 1.45. The maximum atomic E-state index is 12.7. The SMILES string of the molecule is C[C@@H]1O[C@@H](Oc2cc(O)c(C(=O)c3ccc(O)cc3)c(O)c2)[C@H](O)[C@H](O)[C@H]1O[C@@H]1OC[C@@H](O)[C@H](O)[C@H]1O. The molecule has 2 saturated heterocycles. The third kappa shape index (κ3) is 5.49. The minimum absolute atomic E-state index is 0.0670. The van der Waals surface area contributed by atoms with E-state index in [2.05, 4.69) is 0 Å². The molecule has 0 spiro atoms. The summed E-state index contributed by atoms with van der Waals surface area (Å²) in [5.41, 5.74) is -0.316. The number of phenols is 3. The lowest BCUT2D eigenvalue weighted by Gasteiger charge is -2.44. The molecule has 0 amide bonds. The van der Waals surface area contributed by atoms with Crippen LogP contribution in [0.4, 0.5) is 0 Å². The molecule has 0 bridgehead atoms. The van der Waals surface area contributed by atoms with E-state index in [4.69, 9.17) is 18.9 Å². The molecule has 2 fully saturated rings. The van der Waals surface area contributed by atoms with Gasteiger partial charge < -0.3 is 59.8 Å². The molecule has 0 aliphatic carbocycles. The maximum Gasteiger partial charge on any atom is 0.229 e. The van der Waals surface area contributed by atoms with Crippen molar-refractivity contribution in [2.45, 2.75) is 62.2 Å². The summed E-state index contributed by atoms with van der Waals surface area (Å²) in [6, 6.07) is 7.21. The number of aliphatic hydroxyl groups excluding tert-OH is 5. The van der Waals surface area contributed by atoms with Gasteiger partial charge in [0.25, 0.3) is 0 Å². The number of aliphatic hydroxyl groups is 5. The van der Waals surface area contributed by atoms with Crippen LogP contribution in [0.2, 0.25) is 0 Å². The minimum atomic E-state index is -1.71. The summed E-state index contributed by atoms with van der Waals surface area (Å²) >= 11 is 0. The van der Waals surface area contributed by atoms with E-state index in [0.29, 0.717) is 0 Å². The molecule has 13 nitrogen and oxygen atoms in total. The van der Waals surface area contributed by atoms with Crippen molar-refractivity contribution in [3.05, 3.63) is 47.5 Å². The molecule has 37 heavy (non-hydrogen) atoms. The van der Waals surface area contributed by atoms with Crippen LogP contribution in [0.5, 0.6) is 23.0 Å². The van der Waals surface area contributed by atoms with Gasteiger partial charge in [0.1, 0.15) is 65.2 Å². The maximum absolute atomic E-state index is 12.7. The largest absolute Gasteiger partial charge is 0.508 e. The van der Waals surface area contributed by atoms with Crippen LogP contribution in [0.1, 0.15) is 22.8 Å². The molecule has 0 saturated carbocycles. The molecule has 2 aromatic carbocycles. The summed E-state index contributed by atoms with van der Waals surface area (Å²) in [7, 11) is 0. The van der Waals surface area contributed by atoms with E-state index in [-0.39, 0.29) is 23.7 Å². The molecule has 4 rings (SSSR count). The standard InChI is InChI=1S/C24H28O13/c1-9-22(37-23-20(32)18(30)15(28)8-34-23)19(31)21(33)24(35-9)36-12-6-13(26)16(14(27)7-12)17(29)10-2-4-11(25)5-3-10/h2-7,9,15,18-28,30-33H,8H2,1H3/t9-,15+,18-,19-,20+,21+,22-,23-,24-/m0/s1. The molecule has 9 atom stereocenters. The van der Waals surface area contributed by atoms with Crippen molar-refractivity contribution in [1.82, 2.24) is 0 Å². The molecule has 2 aliphatic heterocycles. The molecule has 2 aliphatic rings. The van der Waals surface area contributed by atoms with Gasteiger partial charge in [-0.25, -0.2) is 0 Å². The summed E-state index contributed by atoms with van der Waals surface area (Å²) in [6.07, 6.45) is -12.9. The number of aromatic hydroxyl groups is 3. The second-order valence-corrected chi connectivity index (χ2v) is 8.87. The number of carbonyl (C=O) groups is 1. The van der Waals surface area contributed by atoms with E-state index in [0.717, 1.165) is 12.1 Å². The van der Waals surface area contributed by atoms with Gasteiger partial charge in [0.2, 0.25) is 12.1 Å². The van der Waals surface area contributed by atoms with Crippen LogP contribution in [0.25, 0.3) is 0 Å². The number of carbonyl (C=O) groups excluding carboxylic acids is 1. The Morgan fingerprint density at radius 3 is 2.08 bits per heavy atom. The number of ether oxygens (including phenoxy) is 4. The highest BCUT2D eigenvalue weighted by Crippen LogP contribution is 2.36. The lowest BCUT2D eigenvalue weighted by molar-refractivity contribution is -0.334. The average Bonchev–Trinajstić information content (AvgIpc) is 2.84. The Bertz CT molecular complexity index is 1080. The highest BCUT2D eigenvalue weighted by molar-refractivity contribution is 6.12. The van der Waals surface area contributed by atoms with E-state index in [1.54, 1.807) is 0 Å². The summed E-state index contributed by atoms with van der Waals surface area (Å²) in [5, 5.41) is 80.8. The molecule has 8 N–H and O–H groups in total. The first-order valence-corrected chi connectivity index (χ1v) is 11.4. The van der Waals surface area contributed by atoms with Crippen molar-refractivity contribution in [3.63, 3.8) is 0 Å². The lowest BCUT2D eigenvalue weighted by Crippen LogP contribution is -2.62. The molecule has 2 heterocycles. The monoisotopic (exact) mass is 524 g/mol. The summed E-state index contributed by atoms with van der Waals surface area (Å²) in [4.78, 5) is 12.7. The molecule has 2 aromatic rings. The van der Waals surface area contributed by atoms with Gasteiger partial charge in [-0.3, -0.25) is 4.79 Å². The fraction of sp³-hybridized carbons (Fsp3) is 0.458. The van der Waals surface area contributed by atoms with Gasteiger partial charge in [-0.15, -0.1) is 0 Å². The molecule has 0 radical (unpaired) electrons. The topological polar surface area (TPSA) is 216 Å². The molecule has 13 heteroatoms. The first kappa shape index (κ1) is 27.0. The van der Waals surface area contributed by atoms with E-state index in [9.17, 15) is 45.6 Å². The number of hydrogen-bond acceptors (Lipinski definition) is 13. The van der Waals surface area contributed by atoms with Gasteiger partial charge in [0, 0.05) is 17.7 Å². The van der Waals surface area contributed by atoms with Crippen molar-refractivity contribution in [2.75, 3.05) is 6.61 Å². The van der Waals surface area contributed by atoms with Crippen LogP contribution >= 0.6 is 0 Å². The summed E-state index contributed by atoms with van der Waals surface area (Å²) in [6.45, 7) is 1.15. The average molecular weight is 524 g/mol. The van der Waals surface area contributed by atoms with Gasteiger partial charge in [-0.2, -0.15) is 0 Å². The number of benzene rings is 2. The van der Waals surface area contributed by atoms with Crippen molar-refractivity contribution in [1.29, 1.82) is 0 Å². The summed E-state index contributed by atoms with van der Waals surface area (Å²) in [5.74, 6) is -2.23. The highest BCUT2D eigenvalue weighted by Gasteiger charge is 2.48. The third-order valence-corrected chi connectivity index (χ3v) is 6.20. The Labute approximate surface area is 210 Å². The first-order valence-electron chi connectivity index (χ1n) is 11.4. The molecular weight excluding hydrogens is 496 g/mol. The fourth-order valence-corrected chi connectivity index (χ4v) is 4.12. The molecule has 0 unspecified atom stereocenters. The van der Waals surface area contributed by atoms with Crippen molar-refractivity contribution in [3.8, 4) is 23.0 Å². The van der Waals surface area contributed by atoms with Crippen LogP contribution in [0, 0.1) is 0 Å². The predicted molar refractivity (Wildman–Crippen MR) is 121 cm³/mol. The van der Waals surface area contributed by atoms with Gasteiger partial charge in [-0.05, 0) is 31.2 Å². The Morgan fingerprint density at radius 2 is 1.46 bits per heavy atom. The smallest absolute Gasteiger partial charge is 0.229 e. The van der Waals surface area contributed by atoms with Gasteiger partial charge in [-0.1, -0.05) is 0 Å². The Morgan fingerprint density at radius 1 is 0.865 bits per heavy atom. The van der Waals surface area contributed by atoms with Crippen LogP contribution in [0.3, 0.4) is 0 Å². The van der Waals surface area contributed by atoms with Gasteiger partial charge in [0.05, 0.1) is 12.7 Å². The lowest BCUT2D eigenvalue weighted by atomic mass is 9.98. The zero-order chi connectivity index (χ0) is 27.0. The number of phenolic OH excluding ortho intramolecular Hbond substituents is 3. The number of ketones is 1. The third-order valence-electron chi connectivity index (χ3n) is 6.20. The van der Waals surface area contributed by atoms with E-state index in [1.165, 1.54) is 31.2 Å². The van der Waals surface area contributed by atoms with E-state index >= 15 is 0 Å². The number of hydrogen-bond donors (Lipinski definition) is 8. The van der Waals surface area contributed by atoms with E-state index < -0.39 is 78.2 Å². The first-order chi connectivity index (χ1) is 17.5. The number of rotatable bonds is 6. The summed E-state index contributed by atoms with van der Waals surface area (Å²) < 4.78 is 21.8. The zero-order valence-corrected chi connectivity index (χ0v) is 19.5. The second-order valence-electron chi connectivity index (χ2n) is 8.87. The molecule has 0 aromatic heterocycles. The fourth-order valence-electron chi connectivity index (χ4n) is 4.12. The van der Waals surface area contributed by atoms with Crippen molar-refractivity contribution >= 4 is 5.78 Å². The van der Waals surface area contributed by atoms with E-state index in [1.807, 2.05) is 0 Å². The quantitative estimate of drug-likeness (QED) is 0.207.